The molecule has 36 heavy (non-hydrogen) atoms. The number of amides is 1. The van der Waals surface area contributed by atoms with Crippen molar-refractivity contribution in [3.63, 3.8) is 0 Å². The van der Waals surface area contributed by atoms with Crippen molar-refractivity contribution in [2.75, 3.05) is 33.0 Å². The molecule has 4 rings (SSSR count). The van der Waals surface area contributed by atoms with Crippen LogP contribution in [0.1, 0.15) is 27.7 Å². The molecule has 15 heteroatoms. The van der Waals surface area contributed by atoms with E-state index in [-0.39, 0.29) is 55.9 Å². The number of aliphatic hydroxyl groups excluding tert-OH is 1. The first-order chi connectivity index (χ1) is 16.9. The van der Waals surface area contributed by atoms with Crippen LogP contribution in [0.2, 0.25) is 0 Å². The smallest absolute Gasteiger partial charge is 0.416 e. The van der Waals surface area contributed by atoms with Crippen LogP contribution < -0.4 is 14.8 Å². The molecule has 2 unspecified atom stereocenters. The standard InChI is InChI=1S/C21H21F6N3O6/c22-20(23,24)10-34-4-3-33-8-12-7-30-17(36-12)6-14(29-30)19(32)28-15-9-35-16-2-1-11(21(25,26)27)5-13(16)18(15)31/h1-2,5-6,12,15,18,31H,3-4,7-10H2,(H,28,32)/t12?,15-,18?/m0/s1. The van der Waals surface area contributed by atoms with E-state index in [0.717, 1.165) is 18.2 Å². The summed E-state index contributed by atoms with van der Waals surface area (Å²) in [6.07, 6.45) is -10.9. The van der Waals surface area contributed by atoms with Crippen molar-refractivity contribution in [1.82, 2.24) is 15.1 Å². The van der Waals surface area contributed by atoms with E-state index in [1.54, 1.807) is 0 Å². The lowest BCUT2D eigenvalue weighted by Gasteiger charge is -2.31. The lowest BCUT2D eigenvalue weighted by atomic mass is 9.97. The second-order valence-corrected chi connectivity index (χ2v) is 8.12. The number of benzene rings is 1. The maximum Gasteiger partial charge on any atom is 0.416 e. The zero-order chi connectivity index (χ0) is 26.1. The van der Waals surface area contributed by atoms with Crippen LogP contribution in [0.4, 0.5) is 26.3 Å². The van der Waals surface area contributed by atoms with Crippen LogP contribution >= 0.6 is 0 Å². The average Bonchev–Trinajstić information content (AvgIpc) is 3.35. The fourth-order valence-corrected chi connectivity index (χ4v) is 3.68. The first kappa shape index (κ1) is 26.0. The zero-order valence-corrected chi connectivity index (χ0v) is 18.4. The SMILES string of the molecule is O=C(N[C@H]1COc2ccc(C(F)(F)F)cc2C1O)c1cc2n(n1)CC(COCCOCC(F)(F)F)O2. The minimum absolute atomic E-state index is 0.0491. The normalized spacial score (nSPS) is 21.4. The largest absolute Gasteiger partial charge is 0.491 e. The molecule has 1 amide bonds. The van der Waals surface area contributed by atoms with Gasteiger partial charge in [-0.1, -0.05) is 0 Å². The molecule has 0 spiro atoms. The second-order valence-electron chi connectivity index (χ2n) is 8.12. The van der Waals surface area contributed by atoms with Gasteiger partial charge in [-0.2, -0.15) is 31.4 Å². The van der Waals surface area contributed by atoms with E-state index in [1.807, 2.05) is 0 Å². The molecule has 198 valence electrons. The van der Waals surface area contributed by atoms with E-state index in [1.165, 1.54) is 10.7 Å². The number of nitrogens with one attached hydrogen (secondary N) is 1. The molecule has 2 aliphatic heterocycles. The van der Waals surface area contributed by atoms with Crippen molar-refractivity contribution in [3.05, 3.63) is 41.1 Å². The topological polar surface area (TPSA) is 104 Å². The van der Waals surface area contributed by atoms with Gasteiger partial charge in [0, 0.05) is 11.6 Å². The summed E-state index contributed by atoms with van der Waals surface area (Å²) in [4.78, 5) is 12.6. The third-order valence-corrected chi connectivity index (χ3v) is 5.35. The van der Waals surface area contributed by atoms with Crippen molar-refractivity contribution >= 4 is 5.91 Å². The summed E-state index contributed by atoms with van der Waals surface area (Å²) in [5.74, 6) is -0.351. The van der Waals surface area contributed by atoms with Gasteiger partial charge in [-0.05, 0) is 18.2 Å². The van der Waals surface area contributed by atoms with E-state index < -0.39 is 48.7 Å². The highest BCUT2D eigenvalue weighted by Crippen LogP contribution is 2.38. The van der Waals surface area contributed by atoms with Gasteiger partial charge in [-0.3, -0.25) is 4.79 Å². The van der Waals surface area contributed by atoms with E-state index in [4.69, 9.17) is 14.2 Å². The first-order valence-corrected chi connectivity index (χ1v) is 10.7. The number of carbonyl (C=O) groups excluding carboxylic acids is 1. The number of halogens is 6. The number of rotatable bonds is 8. The van der Waals surface area contributed by atoms with E-state index in [2.05, 4.69) is 15.2 Å². The van der Waals surface area contributed by atoms with Gasteiger partial charge < -0.3 is 29.4 Å². The highest BCUT2D eigenvalue weighted by molar-refractivity contribution is 5.92. The number of aromatic nitrogens is 2. The van der Waals surface area contributed by atoms with Gasteiger partial charge in [0.15, 0.2) is 5.69 Å². The minimum Gasteiger partial charge on any atom is -0.491 e. The molecule has 0 radical (unpaired) electrons. The molecular weight excluding hydrogens is 504 g/mol. The van der Waals surface area contributed by atoms with Crippen molar-refractivity contribution in [1.29, 1.82) is 0 Å². The monoisotopic (exact) mass is 525 g/mol. The van der Waals surface area contributed by atoms with Gasteiger partial charge in [0.25, 0.3) is 5.91 Å². The van der Waals surface area contributed by atoms with Gasteiger partial charge in [0.05, 0.1) is 38.0 Å². The molecule has 0 fully saturated rings. The van der Waals surface area contributed by atoms with Crippen LogP contribution in [0.3, 0.4) is 0 Å². The Morgan fingerprint density at radius 2 is 1.92 bits per heavy atom. The molecule has 1 aromatic carbocycles. The van der Waals surface area contributed by atoms with Crippen molar-refractivity contribution in [3.8, 4) is 11.6 Å². The van der Waals surface area contributed by atoms with Gasteiger partial charge in [-0.15, -0.1) is 0 Å². The fourth-order valence-electron chi connectivity index (χ4n) is 3.68. The number of nitrogens with zero attached hydrogens (tertiary/aromatic N) is 2. The Kier molecular flexibility index (Phi) is 7.33. The zero-order valence-electron chi connectivity index (χ0n) is 18.4. The van der Waals surface area contributed by atoms with Gasteiger partial charge >= 0.3 is 12.4 Å². The van der Waals surface area contributed by atoms with Crippen LogP contribution in [0.25, 0.3) is 0 Å². The van der Waals surface area contributed by atoms with E-state index in [0.29, 0.717) is 0 Å². The molecule has 3 atom stereocenters. The molecule has 9 nitrogen and oxygen atoms in total. The third kappa shape index (κ3) is 6.20. The summed E-state index contributed by atoms with van der Waals surface area (Å²) in [5, 5.41) is 17.2. The highest BCUT2D eigenvalue weighted by Gasteiger charge is 2.36. The molecule has 2 aliphatic rings. The molecule has 0 saturated heterocycles. The second kappa shape index (κ2) is 10.1. The summed E-state index contributed by atoms with van der Waals surface area (Å²) < 4.78 is 97.1. The summed E-state index contributed by atoms with van der Waals surface area (Å²) in [7, 11) is 0. The Balaban J connectivity index is 1.27. The fraction of sp³-hybridized carbons (Fsp3) is 0.524. The third-order valence-electron chi connectivity index (χ3n) is 5.35. The number of carbonyl (C=O) groups is 1. The van der Waals surface area contributed by atoms with Crippen LogP contribution in [-0.4, -0.2) is 72.2 Å². The van der Waals surface area contributed by atoms with Crippen molar-refractivity contribution in [2.24, 2.45) is 0 Å². The highest BCUT2D eigenvalue weighted by atomic mass is 19.4. The maximum atomic E-state index is 13.0. The predicted octanol–water partition coefficient (Wildman–Crippen LogP) is 2.48. The number of ether oxygens (including phenoxy) is 4. The number of fused-ring (bicyclic) bond motifs is 2. The van der Waals surface area contributed by atoms with Crippen molar-refractivity contribution in [2.45, 2.75) is 37.1 Å². The molecule has 0 saturated carbocycles. The molecule has 1 aromatic heterocycles. The maximum absolute atomic E-state index is 13.0. The lowest BCUT2D eigenvalue weighted by Crippen LogP contribution is -2.45. The molecule has 2 aromatic rings. The Hall–Kier alpha value is -3.04. The predicted molar refractivity (Wildman–Crippen MR) is 107 cm³/mol. The molecule has 3 heterocycles. The number of hydrogen-bond donors (Lipinski definition) is 2. The Bertz CT molecular complexity index is 1070. The Labute approximate surface area is 199 Å². The van der Waals surface area contributed by atoms with Gasteiger partial charge in [0.2, 0.25) is 5.88 Å². The first-order valence-electron chi connectivity index (χ1n) is 10.7. The quantitative estimate of drug-likeness (QED) is 0.403. The van der Waals surface area contributed by atoms with E-state index >= 15 is 0 Å². The number of aliphatic hydroxyl groups is 1. The van der Waals surface area contributed by atoms with Gasteiger partial charge in [-0.25, -0.2) is 4.68 Å². The molecular formula is C21H21F6N3O6. The summed E-state index contributed by atoms with van der Waals surface area (Å²) in [5.41, 5.74) is -1.10. The lowest BCUT2D eigenvalue weighted by molar-refractivity contribution is -0.176. The minimum atomic E-state index is -4.61. The summed E-state index contributed by atoms with van der Waals surface area (Å²) >= 11 is 0. The van der Waals surface area contributed by atoms with E-state index in [9.17, 15) is 36.2 Å². The van der Waals surface area contributed by atoms with Crippen LogP contribution in [0.15, 0.2) is 24.3 Å². The van der Waals surface area contributed by atoms with Gasteiger partial charge in [0.1, 0.15) is 31.2 Å². The molecule has 0 bridgehead atoms. The molecule has 2 N–H and O–H groups in total. The average molecular weight is 525 g/mol. The Morgan fingerprint density at radius 1 is 1.17 bits per heavy atom. The van der Waals surface area contributed by atoms with Crippen LogP contribution in [0, 0.1) is 0 Å². The Morgan fingerprint density at radius 3 is 2.61 bits per heavy atom. The molecule has 0 aliphatic carbocycles. The number of hydrogen-bond acceptors (Lipinski definition) is 7. The van der Waals surface area contributed by atoms with Crippen LogP contribution in [0.5, 0.6) is 11.6 Å². The van der Waals surface area contributed by atoms with Crippen LogP contribution in [-0.2, 0) is 22.2 Å². The summed E-state index contributed by atoms with van der Waals surface area (Å²) in [6.45, 7) is -1.55. The van der Waals surface area contributed by atoms with Crippen molar-refractivity contribution < 1.29 is 55.2 Å². The number of alkyl halides is 6. The summed E-state index contributed by atoms with van der Waals surface area (Å²) in [6, 6.07) is 3.06.